The molecule has 1 N–H and O–H groups in total. The van der Waals surface area contributed by atoms with Gasteiger partial charge in [0.2, 0.25) is 0 Å². The average Bonchev–Trinajstić information content (AvgIpc) is 2.15. The lowest BCUT2D eigenvalue weighted by molar-refractivity contribution is 0.276. The second-order valence-corrected chi connectivity index (χ2v) is 11.2. The smallest absolute Gasteiger partial charge is 0.128 e. The molecule has 0 saturated carbocycles. The van der Waals surface area contributed by atoms with Gasteiger partial charge in [-0.2, -0.15) is 0 Å². The van der Waals surface area contributed by atoms with E-state index in [-0.39, 0.29) is 17.5 Å². The summed E-state index contributed by atoms with van der Waals surface area (Å²) in [6, 6.07) is 5.26. The number of rotatable bonds is 2. The Labute approximate surface area is 98.3 Å². The van der Waals surface area contributed by atoms with Gasteiger partial charge >= 0.3 is 0 Å². The summed E-state index contributed by atoms with van der Waals surface area (Å²) in [6.07, 6.45) is 0. The highest BCUT2D eigenvalue weighted by atomic mass is 28.3. The van der Waals surface area contributed by atoms with E-state index >= 15 is 0 Å². The van der Waals surface area contributed by atoms with Crippen molar-refractivity contribution in [1.29, 1.82) is 0 Å². The van der Waals surface area contributed by atoms with Crippen molar-refractivity contribution in [2.24, 2.45) is 0 Å². The molecule has 0 aromatic heterocycles. The van der Waals surface area contributed by atoms with Crippen LogP contribution in [0.2, 0.25) is 18.1 Å². The zero-order chi connectivity index (χ0) is 12.6. The van der Waals surface area contributed by atoms with Crippen molar-refractivity contribution in [3.63, 3.8) is 0 Å². The summed E-state index contributed by atoms with van der Waals surface area (Å²) in [7, 11) is -1.67. The van der Waals surface area contributed by atoms with Gasteiger partial charge in [-0.15, -0.1) is 0 Å². The maximum atomic E-state index is 13.6. The van der Waals surface area contributed by atoms with E-state index in [1.165, 1.54) is 0 Å². The molecule has 0 saturated heterocycles. The Morgan fingerprint density at radius 3 is 2.19 bits per heavy atom. The summed E-state index contributed by atoms with van der Waals surface area (Å²) in [5.41, 5.74) is 0.377. The predicted octanol–water partition coefficient (Wildman–Crippen LogP) is 3.03. The zero-order valence-electron chi connectivity index (χ0n) is 10.8. The molecule has 0 heterocycles. The van der Waals surface area contributed by atoms with Crippen LogP contribution in [0.25, 0.3) is 0 Å². The Morgan fingerprint density at radius 1 is 1.25 bits per heavy atom. The van der Waals surface area contributed by atoms with Crippen LogP contribution in [-0.2, 0) is 6.61 Å². The number of hydrogen-bond donors (Lipinski definition) is 1. The van der Waals surface area contributed by atoms with Gasteiger partial charge in [-0.1, -0.05) is 51.2 Å². The Hall–Kier alpha value is -0.673. The van der Waals surface area contributed by atoms with Gasteiger partial charge in [-0.25, -0.2) is 4.39 Å². The number of hydrogen-bond acceptors (Lipinski definition) is 1. The SMILES string of the molecule is CC(C)(C)[Si](C)(C)c1ccc(CO)c(F)c1. The summed E-state index contributed by atoms with van der Waals surface area (Å²) in [4.78, 5) is 0. The summed E-state index contributed by atoms with van der Waals surface area (Å²) in [5.74, 6) is -0.287. The van der Waals surface area contributed by atoms with Crippen LogP contribution >= 0.6 is 0 Å². The van der Waals surface area contributed by atoms with Crippen LogP contribution in [0.1, 0.15) is 26.3 Å². The molecule has 0 amide bonds. The monoisotopic (exact) mass is 240 g/mol. The van der Waals surface area contributed by atoms with Crippen molar-refractivity contribution in [3.05, 3.63) is 29.6 Å². The van der Waals surface area contributed by atoms with E-state index in [0.29, 0.717) is 5.56 Å². The van der Waals surface area contributed by atoms with Gasteiger partial charge < -0.3 is 5.11 Å². The minimum Gasteiger partial charge on any atom is -0.392 e. The zero-order valence-corrected chi connectivity index (χ0v) is 11.8. The molecule has 16 heavy (non-hydrogen) atoms. The number of aliphatic hydroxyl groups is 1. The normalized spacial score (nSPS) is 12.9. The van der Waals surface area contributed by atoms with Crippen LogP contribution < -0.4 is 5.19 Å². The van der Waals surface area contributed by atoms with Crippen LogP contribution in [0, 0.1) is 5.82 Å². The lowest BCUT2D eigenvalue weighted by atomic mass is 10.2. The first-order chi connectivity index (χ1) is 7.20. The van der Waals surface area contributed by atoms with Crippen LogP contribution in [-0.4, -0.2) is 13.2 Å². The third-order valence-corrected chi connectivity index (χ3v) is 9.32. The number of aliphatic hydroxyl groups excluding tert-OH is 1. The van der Waals surface area contributed by atoms with Gasteiger partial charge in [0.25, 0.3) is 0 Å². The first-order valence-corrected chi connectivity index (χ1v) is 8.60. The molecule has 0 radical (unpaired) electrons. The Bertz CT molecular complexity index is 380. The van der Waals surface area contributed by atoms with E-state index in [9.17, 15) is 4.39 Å². The second kappa shape index (κ2) is 4.30. The highest BCUT2D eigenvalue weighted by Gasteiger charge is 2.36. The highest BCUT2D eigenvalue weighted by molar-refractivity contribution is 6.92. The van der Waals surface area contributed by atoms with Crippen molar-refractivity contribution in [1.82, 2.24) is 0 Å². The summed E-state index contributed by atoms with van der Waals surface area (Å²) in [6.45, 7) is 10.9. The van der Waals surface area contributed by atoms with Gasteiger partial charge in [0.05, 0.1) is 14.7 Å². The molecule has 0 fully saturated rings. The maximum Gasteiger partial charge on any atom is 0.128 e. The summed E-state index contributed by atoms with van der Waals surface area (Å²) in [5, 5.41) is 10.2. The lowest BCUT2D eigenvalue weighted by Crippen LogP contribution is -2.49. The topological polar surface area (TPSA) is 20.2 Å². The molecule has 0 atom stereocenters. The fourth-order valence-electron chi connectivity index (χ4n) is 1.50. The molecule has 1 rings (SSSR count). The number of benzene rings is 1. The van der Waals surface area contributed by atoms with Crippen LogP contribution in [0.3, 0.4) is 0 Å². The Kier molecular flexibility index (Phi) is 3.60. The molecule has 0 bridgehead atoms. The molecule has 0 aliphatic carbocycles. The molecule has 0 aliphatic heterocycles. The van der Waals surface area contributed by atoms with Crippen molar-refractivity contribution in [2.45, 2.75) is 45.5 Å². The van der Waals surface area contributed by atoms with Gasteiger partial charge in [-0.3, -0.25) is 0 Å². The fourth-order valence-corrected chi connectivity index (χ4v) is 3.35. The quantitative estimate of drug-likeness (QED) is 0.788. The lowest BCUT2D eigenvalue weighted by Gasteiger charge is -2.37. The molecule has 0 aliphatic rings. The van der Waals surface area contributed by atoms with Crippen LogP contribution in [0.4, 0.5) is 4.39 Å². The van der Waals surface area contributed by atoms with Gasteiger partial charge in [-0.05, 0) is 11.1 Å². The van der Waals surface area contributed by atoms with E-state index in [4.69, 9.17) is 5.11 Å². The minimum absolute atomic E-state index is 0.195. The number of halogens is 1. The van der Waals surface area contributed by atoms with Gasteiger partial charge in [0.1, 0.15) is 5.82 Å². The summed E-state index contributed by atoms with van der Waals surface area (Å²) >= 11 is 0. The first kappa shape index (κ1) is 13.4. The van der Waals surface area contributed by atoms with Gasteiger partial charge in [0.15, 0.2) is 0 Å². The van der Waals surface area contributed by atoms with Crippen molar-refractivity contribution >= 4 is 13.3 Å². The maximum absolute atomic E-state index is 13.6. The third kappa shape index (κ3) is 2.35. The molecule has 0 spiro atoms. The van der Waals surface area contributed by atoms with E-state index in [1.54, 1.807) is 12.1 Å². The van der Waals surface area contributed by atoms with E-state index in [2.05, 4.69) is 33.9 Å². The highest BCUT2D eigenvalue weighted by Crippen LogP contribution is 2.35. The predicted molar refractivity (Wildman–Crippen MR) is 69.2 cm³/mol. The molecular weight excluding hydrogens is 219 g/mol. The van der Waals surface area contributed by atoms with E-state index < -0.39 is 8.07 Å². The first-order valence-electron chi connectivity index (χ1n) is 5.60. The molecule has 3 heteroatoms. The molecule has 1 nitrogen and oxygen atoms in total. The van der Waals surface area contributed by atoms with Crippen LogP contribution in [0.15, 0.2) is 18.2 Å². The molecule has 0 unspecified atom stereocenters. The van der Waals surface area contributed by atoms with Crippen LogP contribution in [0.5, 0.6) is 0 Å². The average molecular weight is 240 g/mol. The molecule has 1 aromatic carbocycles. The molecule has 1 aromatic rings. The standard InChI is InChI=1S/C13H21FOSi/c1-13(2,3)16(4,5)11-7-6-10(9-15)12(14)8-11/h6-8,15H,9H2,1-5H3. The van der Waals surface area contributed by atoms with Crippen molar-refractivity contribution in [3.8, 4) is 0 Å². The second-order valence-electron chi connectivity index (χ2n) is 5.84. The Balaban J connectivity index is 3.20. The van der Waals surface area contributed by atoms with Crippen molar-refractivity contribution in [2.75, 3.05) is 0 Å². The fraction of sp³-hybridized carbons (Fsp3) is 0.538. The largest absolute Gasteiger partial charge is 0.392 e. The van der Waals surface area contributed by atoms with E-state index in [0.717, 1.165) is 5.19 Å². The molecular formula is C13H21FOSi. The summed E-state index contributed by atoms with van der Waals surface area (Å²) < 4.78 is 13.6. The minimum atomic E-state index is -1.67. The van der Waals surface area contributed by atoms with Gasteiger partial charge in [0, 0.05) is 5.56 Å². The van der Waals surface area contributed by atoms with Crippen molar-refractivity contribution < 1.29 is 9.50 Å². The third-order valence-electron chi connectivity index (χ3n) is 3.82. The van der Waals surface area contributed by atoms with E-state index in [1.807, 2.05) is 6.07 Å². The Morgan fingerprint density at radius 2 is 1.81 bits per heavy atom. The molecule has 90 valence electrons.